The number of unbranched alkanes of at least 4 members (excludes halogenated alkanes) is 3. The van der Waals surface area contributed by atoms with Gasteiger partial charge in [-0.3, -0.25) is 10.2 Å². The van der Waals surface area contributed by atoms with Crippen LogP contribution in [0.4, 0.5) is 13.2 Å². The molecule has 1 aromatic carbocycles. The minimum Gasteiger partial charge on any atom is -0.494 e. The number of amides is 1. The van der Waals surface area contributed by atoms with Crippen molar-refractivity contribution in [1.82, 2.24) is 10.4 Å². The zero-order valence-electron chi connectivity index (χ0n) is 15.5. The first kappa shape index (κ1) is 20.6. The lowest BCUT2D eigenvalue weighted by Crippen LogP contribution is -2.51. The van der Waals surface area contributed by atoms with Crippen LogP contribution in [0.3, 0.4) is 0 Å². The number of hydrogen-bond acceptors (Lipinski definition) is 3. The van der Waals surface area contributed by atoms with Crippen LogP contribution in [-0.2, 0) is 4.79 Å². The molecule has 0 aliphatic carbocycles. The molecular formula is C19H27F3N2O2. The quantitative estimate of drug-likeness (QED) is 0.669. The van der Waals surface area contributed by atoms with Crippen LogP contribution in [0, 0.1) is 0 Å². The zero-order chi connectivity index (χ0) is 19.4. The molecule has 1 fully saturated rings. The van der Waals surface area contributed by atoms with Gasteiger partial charge in [0.2, 0.25) is 5.91 Å². The van der Waals surface area contributed by atoms with E-state index in [2.05, 4.69) is 12.3 Å². The molecule has 2 rings (SSSR count). The van der Waals surface area contributed by atoms with E-state index in [0.29, 0.717) is 12.4 Å². The Hall–Kier alpha value is -1.76. The molecule has 0 aromatic heterocycles. The van der Waals surface area contributed by atoms with Gasteiger partial charge in [-0.15, -0.1) is 0 Å². The molecule has 1 amide bonds. The molecule has 7 heteroatoms. The number of hydrazine groups is 1. The zero-order valence-corrected chi connectivity index (χ0v) is 15.5. The number of halogens is 3. The Labute approximate surface area is 152 Å². The molecule has 4 nitrogen and oxygen atoms in total. The van der Waals surface area contributed by atoms with Gasteiger partial charge in [0.25, 0.3) is 0 Å². The maximum absolute atomic E-state index is 13.7. The van der Waals surface area contributed by atoms with Gasteiger partial charge < -0.3 is 4.74 Å². The molecule has 146 valence electrons. The summed E-state index contributed by atoms with van der Waals surface area (Å²) >= 11 is 0. The number of benzene rings is 1. The molecule has 1 aliphatic rings. The van der Waals surface area contributed by atoms with Gasteiger partial charge >= 0.3 is 6.18 Å². The molecule has 0 bridgehead atoms. The summed E-state index contributed by atoms with van der Waals surface area (Å²) in [6.45, 7) is 5.92. The fourth-order valence-corrected chi connectivity index (χ4v) is 3.17. The first-order valence-electron chi connectivity index (χ1n) is 9.03. The highest BCUT2D eigenvalue weighted by atomic mass is 19.4. The third kappa shape index (κ3) is 5.13. The molecule has 0 radical (unpaired) electrons. The Morgan fingerprint density at radius 1 is 1.19 bits per heavy atom. The predicted molar refractivity (Wildman–Crippen MR) is 93.6 cm³/mol. The van der Waals surface area contributed by atoms with Gasteiger partial charge in [0.1, 0.15) is 5.75 Å². The minimum atomic E-state index is -4.52. The van der Waals surface area contributed by atoms with Crippen molar-refractivity contribution in [3.05, 3.63) is 29.8 Å². The summed E-state index contributed by atoms with van der Waals surface area (Å²) < 4.78 is 46.8. The standard InChI is InChI=1S/C19H27F3N2O2/c1-4-5-6-7-12-26-15-10-8-14(9-11-15)17(19(20,21)22)24-18(2,3)13-16(25)23-24/h8-11,17H,4-7,12-13H2,1-3H3,(H,23,25). The molecule has 0 spiro atoms. The summed E-state index contributed by atoms with van der Waals surface area (Å²) in [5.74, 6) is 0.146. The smallest absolute Gasteiger partial charge is 0.409 e. The lowest BCUT2D eigenvalue weighted by molar-refractivity contribution is -0.203. The van der Waals surface area contributed by atoms with Gasteiger partial charge in [0, 0.05) is 12.0 Å². The van der Waals surface area contributed by atoms with Crippen LogP contribution in [0.15, 0.2) is 24.3 Å². The fraction of sp³-hybridized carbons (Fsp3) is 0.632. The Morgan fingerprint density at radius 2 is 1.85 bits per heavy atom. The number of hydrogen-bond donors (Lipinski definition) is 1. The fourth-order valence-electron chi connectivity index (χ4n) is 3.17. The highest BCUT2D eigenvalue weighted by Gasteiger charge is 2.52. The average Bonchev–Trinajstić information content (AvgIpc) is 2.80. The normalized spacial score (nSPS) is 18.6. The van der Waals surface area contributed by atoms with Crippen molar-refractivity contribution < 1.29 is 22.7 Å². The molecular weight excluding hydrogens is 345 g/mol. The number of alkyl halides is 3. The number of rotatable bonds is 8. The van der Waals surface area contributed by atoms with Crippen LogP contribution in [0.1, 0.15) is 64.5 Å². The van der Waals surface area contributed by atoms with Crippen LogP contribution >= 0.6 is 0 Å². The molecule has 1 atom stereocenters. The van der Waals surface area contributed by atoms with Gasteiger partial charge in [-0.25, -0.2) is 0 Å². The van der Waals surface area contributed by atoms with E-state index in [1.165, 1.54) is 12.1 Å². The topological polar surface area (TPSA) is 41.6 Å². The van der Waals surface area contributed by atoms with Crippen LogP contribution in [0.5, 0.6) is 5.75 Å². The van der Waals surface area contributed by atoms with Crippen molar-refractivity contribution in [2.75, 3.05) is 6.61 Å². The average molecular weight is 372 g/mol. The number of nitrogens with one attached hydrogen (secondary N) is 1. The van der Waals surface area contributed by atoms with E-state index < -0.39 is 23.7 Å². The summed E-state index contributed by atoms with van der Waals surface area (Å²) in [4.78, 5) is 11.6. The number of carbonyl (C=O) groups is 1. The largest absolute Gasteiger partial charge is 0.494 e. The molecule has 1 unspecified atom stereocenters. The van der Waals surface area contributed by atoms with Gasteiger partial charge in [-0.05, 0) is 38.0 Å². The summed E-state index contributed by atoms with van der Waals surface area (Å²) in [7, 11) is 0. The van der Waals surface area contributed by atoms with E-state index in [1.807, 2.05) is 0 Å². The molecule has 0 saturated carbocycles. The summed E-state index contributed by atoms with van der Waals surface area (Å²) in [6, 6.07) is 4.04. The Bertz CT molecular complexity index is 600. The lowest BCUT2D eigenvalue weighted by Gasteiger charge is -2.37. The number of ether oxygens (including phenoxy) is 1. The van der Waals surface area contributed by atoms with Crippen LogP contribution in [-0.4, -0.2) is 29.2 Å². The maximum Gasteiger partial charge on any atom is 0.409 e. The Morgan fingerprint density at radius 3 is 2.35 bits per heavy atom. The van der Waals surface area contributed by atoms with Crippen molar-refractivity contribution >= 4 is 5.91 Å². The second-order valence-corrected chi connectivity index (χ2v) is 7.32. The van der Waals surface area contributed by atoms with Gasteiger partial charge in [0.05, 0.1) is 6.61 Å². The number of carbonyl (C=O) groups excluding carboxylic acids is 1. The Balaban J connectivity index is 2.11. The van der Waals surface area contributed by atoms with E-state index in [1.54, 1.807) is 26.0 Å². The van der Waals surface area contributed by atoms with E-state index in [9.17, 15) is 18.0 Å². The number of nitrogens with zero attached hydrogens (tertiary/aromatic N) is 1. The van der Waals surface area contributed by atoms with Crippen molar-refractivity contribution in [1.29, 1.82) is 0 Å². The van der Waals surface area contributed by atoms with E-state index in [0.717, 1.165) is 30.7 Å². The molecule has 1 heterocycles. The van der Waals surface area contributed by atoms with Crippen molar-refractivity contribution in [3.8, 4) is 5.75 Å². The Kier molecular flexibility index (Phi) is 6.55. The molecule has 26 heavy (non-hydrogen) atoms. The second kappa shape index (κ2) is 8.29. The summed E-state index contributed by atoms with van der Waals surface area (Å²) in [5.41, 5.74) is 1.51. The van der Waals surface area contributed by atoms with Crippen LogP contribution in [0.25, 0.3) is 0 Å². The SMILES string of the molecule is CCCCCCOc1ccc(C(N2NC(=O)CC2(C)C)C(F)(F)F)cc1. The first-order valence-corrected chi connectivity index (χ1v) is 9.03. The van der Waals surface area contributed by atoms with Gasteiger partial charge in [0.15, 0.2) is 6.04 Å². The van der Waals surface area contributed by atoms with Crippen molar-refractivity contribution in [2.45, 2.75) is 70.6 Å². The highest BCUT2D eigenvalue weighted by molar-refractivity contribution is 5.79. The van der Waals surface area contributed by atoms with E-state index >= 15 is 0 Å². The van der Waals surface area contributed by atoms with E-state index in [4.69, 9.17) is 4.74 Å². The van der Waals surface area contributed by atoms with Crippen LogP contribution in [0.2, 0.25) is 0 Å². The van der Waals surface area contributed by atoms with Gasteiger partial charge in [-0.2, -0.15) is 18.2 Å². The highest BCUT2D eigenvalue weighted by Crippen LogP contribution is 2.42. The van der Waals surface area contributed by atoms with Gasteiger partial charge in [-0.1, -0.05) is 38.3 Å². The molecule has 1 aromatic rings. The summed E-state index contributed by atoms with van der Waals surface area (Å²) in [6.07, 6.45) is -0.205. The van der Waals surface area contributed by atoms with Crippen molar-refractivity contribution in [3.63, 3.8) is 0 Å². The monoisotopic (exact) mass is 372 g/mol. The predicted octanol–water partition coefficient (Wildman–Crippen LogP) is 4.76. The molecule has 1 aliphatic heterocycles. The second-order valence-electron chi connectivity index (χ2n) is 7.32. The molecule has 1 N–H and O–H groups in total. The van der Waals surface area contributed by atoms with E-state index in [-0.39, 0.29) is 12.0 Å². The summed E-state index contributed by atoms with van der Waals surface area (Å²) in [5, 5.41) is 1.01. The third-order valence-corrected chi connectivity index (χ3v) is 4.52. The lowest BCUT2D eigenvalue weighted by atomic mass is 9.97. The maximum atomic E-state index is 13.7. The third-order valence-electron chi connectivity index (χ3n) is 4.52. The van der Waals surface area contributed by atoms with Crippen molar-refractivity contribution in [2.24, 2.45) is 0 Å². The minimum absolute atomic E-state index is 0.0263. The first-order chi connectivity index (χ1) is 12.1. The molecule has 1 saturated heterocycles. The van der Waals surface area contributed by atoms with Crippen LogP contribution < -0.4 is 10.2 Å².